The van der Waals surface area contributed by atoms with Gasteiger partial charge in [-0.2, -0.15) is 0 Å². The summed E-state index contributed by atoms with van der Waals surface area (Å²) in [7, 11) is -3.15. The van der Waals surface area contributed by atoms with Crippen molar-refractivity contribution in [2.75, 3.05) is 45.5 Å². The minimum absolute atomic E-state index is 0. The van der Waals surface area contributed by atoms with E-state index in [1.54, 1.807) is 12.1 Å². The van der Waals surface area contributed by atoms with Gasteiger partial charge in [0.05, 0.1) is 11.4 Å². The predicted octanol–water partition coefficient (Wildman–Crippen LogP) is 3.18. The Morgan fingerprint density at radius 3 is 2.42 bits per heavy atom. The third-order valence-electron chi connectivity index (χ3n) is 5.55. The van der Waals surface area contributed by atoms with E-state index in [2.05, 4.69) is 24.1 Å². The number of sulfone groups is 1. The van der Waals surface area contributed by atoms with Crippen LogP contribution < -0.4 is 5.32 Å². The molecule has 1 aliphatic heterocycles. The van der Waals surface area contributed by atoms with Gasteiger partial charge in [-0.05, 0) is 76.4 Å². The number of hydrogen-bond donors (Lipinski definition) is 1. The van der Waals surface area contributed by atoms with Crippen molar-refractivity contribution in [2.45, 2.75) is 56.9 Å². The summed E-state index contributed by atoms with van der Waals surface area (Å²) in [6.07, 6.45) is 6.39. The van der Waals surface area contributed by atoms with Crippen molar-refractivity contribution in [3.63, 3.8) is 0 Å². The van der Waals surface area contributed by atoms with Crippen molar-refractivity contribution in [3.05, 3.63) is 29.8 Å². The van der Waals surface area contributed by atoms with Gasteiger partial charge in [0.2, 0.25) is 5.91 Å². The Kier molecular flexibility index (Phi) is 14.6. The average Bonchev–Trinajstić information content (AvgIpc) is 2.88. The molecule has 0 aliphatic carbocycles. The van der Waals surface area contributed by atoms with Crippen molar-refractivity contribution in [3.8, 4) is 0 Å². The maximum atomic E-state index is 12.1. The molecule has 0 unspecified atom stereocenters. The molecule has 0 bridgehead atoms. The standard InChI is InChI=1S/C22H37N3O3S.2ClH/c1-4-13-24(14-5-6-15-25-16-7-12-23-18-22(25)26)19(2)17-20-8-10-21(11-9-20)29(3,27)28;;/h8-11,19,23H,4-7,12-18H2,1-3H3;2*1H/t19-;;/m0../s1. The molecule has 1 fully saturated rings. The van der Waals surface area contributed by atoms with E-state index in [1.807, 2.05) is 17.0 Å². The summed E-state index contributed by atoms with van der Waals surface area (Å²) in [6, 6.07) is 7.65. The Morgan fingerprint density at radius 2 is 1.81 bits per heavy atom. The summed E-state index contributed by atoms with van der Waals surface area (Å²) in [5.41, 5.74) is 1.16. The first-order chi connectivity index (χ1) is 13.8. The molecule has 1 aromatic carbocycles. The molecule has 1 aliphatic rings. The Morgan fingerprint density at radius 1 is 1.13 bits per heavy atom. The van der Waals surface area contributed by atoms with Crippen LogP contribution in [0.5, 0.6) is 0 Å². The van der Waals surface area contributed by atoms with Crippen molar-refractivity contribution in [1.82, 2.24) is 15.1 Å². The van der Waals surface area contributed by atoms with Crippen molar-refractivity contribution in [2.24, 2.45) is 0 Å². The van der Waals surface area contributed by atoms with Gasteiger partial charge >= 0.3 is 0 Å². The van der Waals surface area contributed by atoms with E-state index in [0.717, 1.165) is 70.4 Å². The van der Waals surface area contributed by atoms with Crippen LogP contribution >= 0.6 is 24.8 Å². The fourth-order valence-corrected chi connectivity index (χ4v) is 4.49. The van der Waals surface area contributed by atoms with E-state index in [0.29, 0.717) is 17.5 Å². The van der Waals surface area contributed by atoms with Crippen LogP contribution in [0.2, 0.25) is 0 Å². The molecule has 1 aromatic rings. The highest BCUT2D eigenvalue weighted by Gasteiger charge is 2.17. The van der Waals surface area contributed by atoms with Crippen molar-refractivity contribution < 1.29 is 13.2 Å². The van der Waals surface area contributed by atoms with Crippen LogP contribution in [-0.2, 0) is 21.1 Å². The molecule has 0 radical (unpaired) electrons. The lowest BCUT2D eigenvalue weighted by atomic mass is 10.1. The van der Waals surface area contributed by atoms with E-state index in [-0.39, 0.29) is 30.7 Å². The number of benzene rings is 1. The van der Waals surface area contributed by atoms with Gasteiger partial charge in [0.25, 0.3) is 0 Å². The normalized spacial score (nSPS) is 15.7. The van der Waals surface area contributed by atoms with Gasteiger partial charge in [0.15, 0.2) is 9.84 Å². The van der Waals surface area contributed by atoms with Gasteiger partial charge in [0, 0.05) is 25.4 Å². The molecule has 1 N–H and O–H groups in total. The zero-order chi connectivity index (χ0) is 21.3. The molecule has 9 heteroatoms. The molecular formula is C22H39Cl2N3O3S. The van der Waals surface area contributed by atoms with E-state index in [9.17, 15) is 13.2 Å². The van der Waals surface area contributed by atoms with Gasteiger partial charge < -0.3 is 15.1 Å². The molecule has 2 rings (SSSR count). The minimum atomic E-state index is -3.15. The molecule has 6 nitrogen and oxygen atoms in total. The zero-order valence-electron chi connectivity index (χ0n) is 19.0. The minimum Gasteiger partial charge on any atom is -0.342 e. The maximum absolute atomic E-state index is 12.1. The highest BCUT2D eigenvalue weighted by atomic mass is 35.5. The molecule has 1 saturated heterocycles. The number of amides is 1. The lowest BCUT2D eigenvalue weighted by Gasteiger charge is -2.29. The largest absolute Gasteiger partial charge is 0.342 e. The van der Waals surface area contributed by atoms with E-state index < -0.39 is 9.84 Å². The van der Waals surface area contributed by atoms with Gasteiger partial charge in [-0.25, -0.2) is 8.42 Å². The van der Waals surface area contributed by atoms with Crippen LogP contribution in [0.1, 0.15) is 45.1 Å². The fraction of sp³-hybridized carbons (Fsp3) is 0.682. The summed E-state index contributed by atoms with van der Waals surface area (Å²) >= 11 is 0. The number of carbonyl (C=O) groups is 1. The fourth-order valence-electron chi connectivity index (χ4n) is 3.86. The number of hydrogen-bond acceptors (Lipinski definition) is 5. The Hall–Kier alpha value is -0.860. The molecule has 1 amide bonds. The van der Waals surface area contributed by atoms with E-state index in [1.165, 1.54) is 6.26 Å². The second-order valence-electron chi connectivity index (χ2n) is 8.12. The lowest BCUT2D eigenvalue weighted by Crippen LogP contribution is -2.37. The third-order valence-corrected chi connectivity index (χ3v) is 6.68. The van der Waals surface area contributed by atoms with Crippen LogP contribution in [0.15, 0.2) is 29.2 Å². The van der Waals surface area contributed by atoms with E-state index in [4.69, 9.17) is 0 Å². The van der Waals surface area contributed by atoms with Gasteiger partial charge in [-0.3, -0.25) is 4.79 Å². The molecule has 0 spiro atoms. The molecule has 180 valence electrons. The highest BCUT2D eigenvalue weighted by molar-refractivity contribution is 7.90. The quantitative estimate of drug-likeness (QED) is 0.477. The maximum Gasteiger partial charge on any atom is 0.236 e. The number of unbranched alkanes of at least 4 members (excludes halogenated alkanes) is 1. The van der Waals surface area contributed by atoms with Crippen LogP contribution in [-0.4, -0.2) is 75.7 Å². The number of nitrogens with one attached hydrogen (secondary N) is 1. The zero-order valence-corrected chi connectivity index (χ0v) is 21.5. The first-order valence-corrected chi connectivity index (χ1v) is 12.7. The van der Waals surface area contributed by atoms with Crippen LogP contribution in [0.4, 0.5) is 0 Å². The monoisotopic (exact) mass is 495 g/mol. The third kappa shape index (κ3) is 10.5. The topological polar surface area (TPSA) is 69.7 Å². The highest BCUT2D eigenvalue weighted by Crippen LogP contribution is 2.15. The summed E-state index contributed by atoms with van der Waals surface area (Å²) < 4.78 is 23.2. The molecule has 0 aromatic heterocycles. The Bertz CT molecular complexity index is 745. The van der Waals surface area contributed by atoms with Crippen LogP contribution in [0.3, 0.4) is 0 Å². The number of rotatable bonds is 11. The smallest absolute Gasteiger partial charge is 0.236 e. The summed E-state index contributed by atoms with van der Waals surface area (Å²) in [6.45, 7) is 9.62. The first kappa shape index (κ1) is 30.1. The lowest BCUT2D eigenvalue weighted by molar-refractivity contribution is -0.129. The molecular weight excluding hydrogens is 457 g/mol. The Balaban J connectivity index is 0.00000450. The number of nitrogens with zero attached hydrogens (tertiary/aromatic N) is 2. The predicted molar refractivity (Wildman–Crippen MR) is 132 cm³/mol. The summed E-state index contributed by atoms with van der Waals surface area (Å²) in [4.78, 5) is 16.9. The number of halogens is 2. The van der Waals surface area contributed by atoms with Gasteiger partial charge in [-0.1, -0.05) is 19.1 Å². The number of carbonyl (C=O) groups excluding carboxylic acids is 1. The molecule has 1 atom stereocenters. The first-order valence-electron chi connectivity index (χ1n) is 10.8. The van der Waals surface area contributed by atoms with Crippen LogP contribution in [0, 0.1) is 0 Å². The van der Waals surface area contributed by atoms with Crippen LogP contribution in [0.25, 0.3) is 0 Å². The average molecular weight is 497 g/mol. The van der Waals surface area contributed by atoms with Crippen molar-refractivity contribution in [1.29, 1.82) is 0 Å². The molecule has 0 saturated carbocycles. The second kappa shape index (κ2) is 15.1. The van der Waals surface area contributed by atoms with Gasteiger partial charge in [0.1, 0.15) is 0 Å². The SMILES string of the molecule is CCCN(CCCCN1CCCNCC1=O)[C@@H](C)Cc1ccc(S(C)(=O)=O)cc1.Cl.Cl. The Labute approximate surface area is 200 Å². The molecule has 1 heterocycles. The molecule has 31 heavy (non-hydrogen) atoms. The van der Waals surface area contributed by atoms with Gasteiger partial charge in [-0.15, -0.1) is 24.8 Å². The summed E-state index contributed by atoms with van der Waals surface area (Å²) in [5.74, 6) is 0.221. The summed E-state index contributed by atoms with van der Waals surface area (Å²) in [5, 5.41) is 3.17. The van der Waals surface area contributed by atoms with E-state index >= 15 is 0 Å². The second-order valence-corrected chi connectivity index (χ2v) is 10.1. The van der Waals surface area contributed by atoms with Crippen molar-refractivity contribution >= 4 is 40.6 Å².